The van der Waals surface area contributed by atoms with Gasteiger partial charge in [0.1, 0.15) is 5.75 Å². The normalized spacial score (nSPS) is 16.3. The number of rotatable bonds is 9. The second kappa shape index (κ2) is 7.54. The van der Waals surface area contributed by atoms with E-state index in [9.17, 15) is 0 Å². The molecule has 0 radical (unpaired) electrons. The van der Waals surface area contributed by atoms with Crippen LogP contribution in [0.1, 0.15) is 63.5 Å². The Hall–Kier alpha value is -1.02. The largest absolute Gasteiger partial charge is 0.490 e. The van der Waals surface area contributed by atoms with Gasteiger partial charge >= 0.3 is 0 Å². The van der Waals surface area contributed by atoms with E-state index in [1.807, 2.05) is 0 Å². The number of nitrogens with one attached hydrogen (secondary N) is 1. The molecule has 1 unspecified atom stereocenters. The molecule has 0 bridgehead atoms. The van der Waals surface area contributed by atoms with Crippen molar-refractivity contribution < 1.29 is 4.74 Å². The van der Waals surface area contributed by atoms with Crippen LogP contribution in [0, 0.1) is 0 Å². The van der Waals surface area contributed by atoms with Crippen molar-refractivity contribution in [2.75, 3.05) is 7.05 Å². The monoisotopic (exact) mass is 261 g/mol. The molecule has 2 heteroatoms. The van der Waals surface area contributed by atoms with Gasteiger partial charge in [0.15, 0.2) is 0 Å². The first-order chi connectivity index (χ1) is 9.33. The fourth-order valence-electron chi connectivity index (χ4n) is 2.41. The highest BCUT2D eigenvalue weighted by atomic mass is 16.5. The van der Waals surface area contributed by atoms with Crippen molar-refractivity contribution in [2.24, 2.45) is 0 Å². The lowest BCUT2D eigenvalue weighted by Crippen LogP contribution is -2.16. The Balaban J connectivity index is 1.82. The lowest BCUT2D eigenvalue weighted by molar-refractivity contribution is 0.303. The maximum Gasteiger partial charge on any atom is 0.119 e. The minimum Gasteiger partial charge on any atom is -0.490 e. The van der Waals surface area contributed by atoms with Gasteiger partial charge in [-0.15, -0.1) is 0 Å². The minimum atomic E-state index is 0.479. The fourth-order valence-corrected chi connectivity index (χ4v) is 2.41. The second-order valence-corrected chi connectivity index (χ2v) is 5.58. The molecule has 1 aromatic carbocycles. The minimum absolute atomic E-state index is 0.479. The van der Waals surface area contributed by atoms with E-state index in [0.29, 0.717) is 12.1 Å². The summed E-state index contributed by atoms with van der Waals surface area (Å²) in [6.45, 7) is 2.26. The van der Waals surface area contributed by atoms with Crippen molar-refractivity contribution in [1.29, 1.82) is 0 Å². The Bertz CT molecular complexity index is 356. The zero-order valence-corrected chi connectivity index (χ0v) is 12.3. The third-order valence-corrected chi connectivity index (χ3v) is 3.80. The van der Waals surface area contributed by atoms with Crippen LogP contribution in [0.5, 0.6) is 5.75 Å². The van der Waals surface area contributed by atoms with Gasteiger partial charge < -0.3 is 10.1 Å². The topological polar surface area (TPSA) is 21.3 Å². The second-order valence-electron chi connectivity index (χ2n) is 5.58. The first-order valence-corrected chi connectivity index (χ1v) is 7.77. The van der Waals surface area contributed by atoms with Crippen LogP contribution in [0.2, 0.25) is 0 Å². The van der Waals surface area contributed by atoms with Crippen LogP contribution < -0.4 is 10.1 Å². The van der Waals surface area contributed by atoms with Crippen molar-refractivity contribution in [3.8, 4) is 5.75 Å². The van der Waals surface area contributed by atoms with E-state index in [2.05, 4.69) is 43.6 Å². The van der Waals surface area contributed by atoms with Crippen LogP contribution in [0.4, 0.5) is 0 Å². The molecule has 0 aromatic heterocycles. The van der Waals surface area contributed by atoms with Crippen LogP contribution >= 0.6 is 0 Å². The lowest BCUT2D eigenvalue weighted by atomic mass is 10.00. The summed E-state index contributed by atoms with van der Waals surface area (Å²) in [7, 11) is 2.05. The van der Waals surface area contributed by atoms with Crippen molar-refractivity contribution in [2.45, 2.75) is 64.0 Å². The SMILES string of the molecule is CCCCCCC(NC)c1ccc(OC2CC2)cc1. The molecule has 2 nitrogen and oxygen atoms in total. The molecule has 2 rings (SSSR count). The molecular weight excluding hydrogens is 234 g/mol. The Kier molecular flexibility index (Phi) is 5.71. The zero-order valence-electron chi connectivity index (χ0n) is 12.3. The molecule has 0 heterocycles. The number of benzene rings is 1. The van der Waals surface area contributed by atoms with Crippen molar-refractivity contribution in [1.82, 2.24) is 5.32 Å². The van der Waals surface area contributed by atoms with Gasteiger partial charge in [-0.25, -0.2) is 0 Å². The van der Waals surface area contributed by atoms with Gasteiger partial charge in [0.05, 0.1) is 6.10 Å². The molecule has 1 aliphatic carbocycles. The third-order valence-electron chi connectivity index (χ3n) is 3.80. The molecular formula is C17H27NO. The smallest absolute Gasteiger partial charge is 0.119 e. The van der Waals surface area contributed by atoms with Gasteiger partial charge in [0.2, 0.25) is 0 Å². The highest BCUT2D eigenvalue weighted by molar-refractivity contribution is 5.29. The first-order valence-electron chi connectivity index (χ1n) is 7.77. The Morgan fingerprint density at radius 1 is 1.16 bits per heavy atom. The predicted molar refractivity (Wildman–Crippen MR) is 80.7 cm³/mol. The fraction of sp³-hybridized carbons (Fsp3) is 0.647. The summed E-state index contributed by atoms with van der Waals surface area (Å²) >= 11 is 0. The van der Waals surface area contributed by atoms with E-state index in [-0.39, 0.29) is 0 Å². The van der Waals surface area contributed by atoms with Crippen LogP contribution in [-0.4, -0.2) is 13.2 Å². The molecule has 1 aromatic rings. The summed E-state index contributed by atoms with van der Waals surface area (Å²) in [6.07, 6.45) is 9.45. The molecule has 1 saturated carbocycles. The van der Waals surface area contributed by atoms with E-state index >= 15 is 0 Å². The average molecular weight is 261 g/mol. The molecule has 1 fully saturated rings. The van der Waals surface area contributed by atoms with E-state index in [1.54, 1.807) is 0 Å². The van der Waals surface area contributed by atoms with Crippen LogP contribution in [0.3, 0.4) is 0 Å². The molecule has 1 N–H and O–H groups in total. The summed E-state index contributed by atoms with van der Waals surface area (Å²) in [5, 5.41) is 3.43. The molecule has 0 aliphatic heterocycles. The van der Waals surface area contributed by atoms with Gasteiger partial charge in [-0.3, -0.25) is 0 Å². The quantitative estimate of drug-likeness (QED) is 0.663. The highest BCUT2D eigenvalue weighted by Gasteiger charge is 2.23. The predicted octanol–water partition coefficient (Wildman–Crippen LogP) is 4.46. The molecule has 0 saturated heterocycles. The van der Waals surface area contributed by atoms with Gasteiger partial charge in [-0.1, -0.05) is 44.7 Å². The Morgan fingerprint density at radius 3 is 2.47 bits per heavy atom. The molecule has 0 amide bonds. The maximum atomic E-state index is 5.79. The number of unbranched alkanes of at least 4 members (excludes halogenated alkanes) is 3. The van der Waals surface area contributed by atoms with Crippen molar-refractivity contribution >= 4 is 0 Å². The van der Waals surface area contributed by atoms with Gasteiger partial charge in [-0.05, 0) is 44.0 Å². The van der Waals surface area contributed by atoms with E-state index in [1.165, 1.54) is 50.5 Å². The average Bonchev–Trinajstić information content (AvgIpc) is 3.24. The molecule has 19 heavy (non-hydrogen) atoms. The third kappa shape index (κ3) is 4.87. The maximum absolute atomic E-state index is 5.79. The van der Waals surface area contributed by atoms with E-state index < -0.39 is 0 Å². The van der Waals surface area contributed by atoms with Crippen LogP contribution in [0.25, 0.3) is 0 Å². The van der Waals surface area contributed by atoms with Gasteiger partial charge in [0, 0.05) is 6.04 Å². The first kappa shape index (κ1) is 14.4. The Labute approximate surface area is 117 Å². The molecule has 0 spiro atoms. The number of hydrogen-bond acceptors (Lipinski definition) is 2. The van der Waals surface area contributed by atoms with Gasteiger partial charge in [-0.2, -0.15) is 0 Å². The van der Waals surface area contributed by atoms with Crippen LogP contribution in [-0.2, 0) is 0 Å². The van der Waals surface area contributed by atoms with Crippen LogP contribution in [0.15, 0.2) is 24.3 Å². The lowest BCUT2D eigenvalue weighted by Gasteiger charge is -2.17. The standard InChI is InChI=1S/C17H27NO/c1-3-4-5-6-7-17(18-2)14-8-10-15(11-9-14)19-16-12-13-16/h8-11,16-18H,3-7,12-13H2,1-2H3. The summed E-state index contributed by atoms with van der Waals surface area (Å²) in [5.41, 5.74) is 1.38. The van der Waals surface area contributed by atoms with Crippen molar-refractivity contribution in [3.63, 3.8) is 0 Å². The summed E-state index contributed by atoms with van der Waals surface area (Å²) in [6, 6.07) is 9.12. The number of hydrogen-bond donors (Lipinski definition) is 1. The molecule has 106 valence electrons. The Morgan fingerprint density at radius 2 is 1.89 bits per heavy atom. The van der Waals surface area contributed by atoms with E-state index in [0.717, 1.165) is 5.75 Å². The van der Waals surface area contributed by atoms with E-state index in [4.69, 9.17) is 4.74 Å². The zero-order chi connectivity index (χ0) is 13.5. The number of ether oxygens (including phenoxy) is 1. The molecule has 1 aliphatic rings. The molecule has 1 atom stereocenters. The summed E-state index contributed by atoms with van der Waals surface area (Å²) in [5.74, 6) is 1.02. The van der Waals surface area contributed by atoms with Crippen molar-refractivity contribution in [3.05, 3.63) is 29.8 Å². The van der Waals surface area contributed by atoms with Gasteiger partial charge in [0.25, 0.3) is 0 Å². The summed E-state index contributed by atoms with van der Waals surface area (Å²) < 4.78 is 5.79. The summed E-state index contributed by atoms with van der Waals surface area (Å²) in [4.78, 5) is 0. The highest BCUT2D eigenvalue weighted by Crippen LogP contribution is 2.28.